The normalized spacial score (nSPS) is 16.3. The molecule has 1 aromatic heterocycles. The summed E-state index contributed by atoms with van der Waals surface area (Å²) < 4.78 is 19.0. The van der Waals surface area contributed by atoms with E-state index >= 15 is 0 Å². The first kappa shape index (κ1) is 21.3. The van der Waals surface area contributed by atoms with Crippen molar-refractivity contribution in [3.63, 3.8) is 0 Å². The average Bonchev–Trinajstić information content (AvgIpc) is 2.73. The van der Waals surface area contributed by atoms with Crippen molar-refractivity contribution in [2.75, 3.05) is 24.5 Å². The van der Waals surface area contributed by atoms with Gasteiger partial charge in [0.05, 0.1) is 10.6 Å². The molecule has 0 unspecified atom stereocenters. The van der Waals surface area contributed by atoms with Gasteiger partial charge in [0.15, 0.2) is 0 Å². The minimum atomic E-state index is -0.387. The molecule has 2 heterocycles. The number of carbonyl (C=O) groups excluding carboxylic acids is 1. The van der Waals surface area contributed by atoms with Crippen LogP contribution in [0.1, 0.15) is 17.3 Å². The zero-order valence-corrected chi connectivity index (χ0v) is 18.1. The second-order valence-corrected chi connectivity index (χ2v) is 8.04. The molecule has 31 heavy (non-hydrogen) atoms. The lowest BCUT2D eigenvalue weighted by Crippen LogP contribution is -2.54. The lowest BCUT2D eigenvalue weighted by molar-refractivity contribution is 0.0674. The third kappa shape index (κ3) is 4.89. The topological polar surface area (TPSA) is 58.6 Å². The molecule has 0 radical (unpaired) electrons. The third-order valence-corrected chi connectivity index (χ3v) is 5.57. The number of nitrogens with zero attached hydrogens (tertiary/aromatic N) is 4. The van der Waals surface area contributed by atoms with Crippen LogP contribution in [0, 0.1) is 5.82 Å². The Bertz CT molecular complexity index is 1110. The van der Waals surface area contributed by atoms with E-state index in [1.54, 1.807) is 41.3 Å². The first-order chi connectivity index (χ1) is 14.9. The van der Waals surface area contributed by atoms with Gasteiger partial charge in [-0.1, -0.05) is 29.3 Å². The van der Waals surface area contributed by atoms with Crippen LogP contribution in [0.5, 0.6) is 11.6 Å². The Kier molecular flexibility index (Phi) is 6.25. The summed E-state index contributed by atoms with van der Waals surface area (Å²) in [7, 11) is 0. The fourth-order valence-corrected chi connectivity index (χ4v) is 3.98. The van der Waals surface area contributed by atoms with Crippen LogP contribution in [0.2, 0.25) is 10.0 Å². The van der Waals surface area contributed by atoms with Crippen LogP contribution in [0.15, 0.2) is 54.9 Å². The number of piperazine rings is 1. The first-order valence-corrected chi connectivity index (χ1v) is 10.4. The van der Waals surface area contributed by atoms with Gasteiger partial charge in [-0.3, -0.25) is 4.79 Å². The minimum Gasteiger partial charge on any atom is -0.439 e. The van der Waals surface area contributed by atoms with E-state index in [4.69, 9.17) is 27.9 Å². The molecular formula is C22H19Cl2FN4O2. The standard InChI is InChI=1S/C22H19Cl2FN4O2/c1-14-12-28(7-8-29(14)22(30)18-6-5-15(23)9-19(18)24)20-11-21(27-13-26-20)31-17-4-2-3-16(25)10-17/h2-6,9-11,13-14H,7-8,12H2,1H3/t14-/m0/s1. The van der Waals surface area contributed by atoms with Gasteiger partial charge in [-0.05, 0) is 37.3 Å². The van der Waals surface area contributed by atoms with E-state index in [-0.39, 0.29) is 17.8 Å². The minimum absolute atomic E-state index is 0.0736. The zero-order chi connectivity index (χ0) is 22.0. The molecule has 6 nitrogen and oxygen atoms in total. The van der Waals surface area contributed by atoms with E-state index in [2.05, 4.69) is 14.9 Å². The summed E-state index contributed by atoms with van der Waals surface area (Å²) in [5, 5.41) is 0.821. The Morgan fingerprint density at radius 2 is 1.97 bits per heavy atom. The lowest BCUT2D eigenvalue weighted by Gasteiger charge is -2.40. The van der Waals surface area contributed by atoms with Crippen LogP contribution >= 0.6 is 23.2 Å². The highest BCUT2D eigenvalue weighted by atomic mass is 35.5. The Morgan fingerprint density at radius 3 is 2.71 bits per heavy atom. The van der Waals surface area contributed by atoms with Gasteiger partial charge in [-0.25, -0.2) is 14.4 Å². The number of hydrogen-bond donors (Lipinski definition) is 0. The predicted octanol–water partition coefficient (Wildman–Crippen LogP) is 5.07. The molecule has 9 heteroatoms. The van der Waals surface area contributed by atoms with Crippen molar-refractivity contribution in [2.24, 2.45) is 0 Å². The number of halogens is 3. The van der Waals surface area contributed by atoms with Gasteiger partial charge in [0, 0.05) is 42.8 Å². The van der Waals surface area contributed by atoms with Crippen molar-refractivity contribution in [2.45, 2.75) is 13.0 Å². The zero-order valence-electron chi connectivity index (χ0n) is 16.6. The van der Waals surface area contributed by atoms with Gasteiger partial charge in [-0.15, -0.1) is 0 Å². The summed E-state index contributed by atoms with van der Waals surface area (Å²) in [6, 6.07) is 12.3. The molecule has 3 aromatic rings. The van der Waals surface area contributed by atoms with Crippen molar-refractivity contribution in [3.8, 4) is 11.6 Å². The smallest absolute Gasteiger partial charge is 0.255 e. The highest BCUT2D eigenvalue weighted by Crippen LogP contribution is 2.27. The number of ether oxygens (including phenoxy) is 1. The summed E-state index contributed by atoms with van der Waals surface area (Å²) in [6.45, 7) is 3.63. The fourth-order valence-electron chi connectivity index (χ4n) is 3.49. The molecule has 1 amide bonds. The maximum atomic E-state index is 13.4. The molecule has 4 rings (SSSR count). The van der Waals surface area contributed by atoms with E-state index in [1.807, 2.05) is 6.92 Å². The maximum Gasteiger partial charge on any atom is 0.255 e. The van der Waals surface area contributed by atoms with Gasteiger partial charge in [0.1, 0.15) is 23.7 Å². The summed E-state index contributed by atoms with van der Waals surface area (Å²) in [4.78, 5) is 25.3. The number of rotatable bonds is 4. The van der Waals surface area contributed by atoms with Crippen LogP contribution in [0.3, 0.4) is 0 Å². The highest BCUT2D eigenvalue weighted by molar-refractivity contribution is 6.36. The molecule has 0 aliphatic carbocycles. The number of hydrogen-bond acceptors (Lipinski definition) is 5. The molecule has 1 saturated heterocycles. The van der Waals surface area contributed by atoms with Crippen LogP contribution < -0.4 is 9.64 Å². The van der Waals surface area contributed by atoms with Crippen molar-refractivity contribution in [1.82, 2.24) is 14.9 Å². The van der Waals surface area contributed by atoms with Gasteiger partial charge in [-0.2, -0.15) is 0 Å². The van der Waals surface area contributed by atoms with E-state index < -0.39 is 0 Å². The molecule has 1 fully saturated rings. The van der Waals surface area contributed by atoms with E-state index in [0.717, 1.165) is 0 Å². The van der Waals surface area contributed by atoms with E-state index in [0.29, 0.717) is 52.7 Å². The Labute approximate surface area is 189 Å². The van der Waals surface area contributed by atoms with Crippen LogP contribution in [-0.2, 0) is 0 Å². The predicted molar refractivity (Wildman–Crippen MR) is 118 cm³/mol. The number of benzene rings is 2. The molecule has 1 aliphatic rings. The first-order valence-electron chi connectivity index (χ1n) is 9.67. The largest absolute Gasteiger partial charge is 0.439 e. The molecule has 0 spiro atoms. The van der Waals surface area contributed by atoms with Crippen LogP contribution in [0.25, 0.3) is 0 Å². The number of carbonyl (C=O) groups is 1. The quantitative estimate of drug-likeness (QED) is 0.544. The number of aromatic nitrogens is 2. The summed E-state index contributed by atoms with van der Waals surface area (Å²) in [6.07, 6.45) is 1.40. The fraction of sp³-hybridized carbons (Fsp3) is 0.227. The second kappa shape index (κ2) is 9.08. The molecule has 0 bridgehead atoms. The molecule has 1 aliphatic heterocycles. The summed E-state index contributed by atoms with van der Waals surface area (Å²) in [5.74, 6) is 0.821. The average molecular weight is 461 g/mol. The molecule has 1 atom stereocenters. The van der Waals surface area contributed by atoms with Gasteiger partial charge >= 0.3 is 0 Å². The van der Waals surface area contributed by atoms with Gasteiger partial charge in [0.2, 0.25) is 5.88 Å². The summed E-state index contributed by atoms with van der Waals surface area (Å²) >= 11 is 12.2. The Hall–Kier alpha value is -2.90. The second-order valence-electron chi connectivity index (χ2n) is 7.19. The lowest BCUT2D eigenvalue weighted by atomic mass is 10.1. The van der Waals surface area contributed by atoms with Crippen molar-refractivity contribution >= 4 is 34.9 Å². The van der Waals surface area contributed by atoms with Crippen molar-refractivity contribution in [3.05, 3.63) is 76.3 Å². The van der Waals surface area contributed by atoms with Gasteiger partial charge < -0.3 is 14.5 Å². The molecular weight excluding hydrogens is 442 g/mol. The van der Waals surface area contributed by atoms with E-state index in [1.165, 1.54) is 18.5 Å². The summed E-state index contributed by atoms with van der Waals surface area (Å²) in [5.41, 5.74) is 0.430. The molecule has 0 saturated carbocycles. The van der Waals surface area contributed by atoms with E-state index in [9.17, 15) is 9.18 Å². The van der Waals surface area contributed by atoms with Crippen molar-refractivity contribution < 1.29 is 13.9 Å². The van der Waals surface area contributed by atoms with Gasteiger partial charge in [0.25, 0.3) is 5.91 Å². The third-order valence-electron chi connectivity index (χ3n) is 5.02. The highest BCUT2D eigenvalue weighted by Gasteiger charge is 2.30. The Morgan fingerprint density at radius 1 is 1.13 bits per heavy atom. The number of anilines is 1. The molecule has 160 valence electrons. The molecule has 2 aromatic carbocycles. The Balaban J connectivity index is 1.45. The number of amides is 1. The monoisotopic (exact) mass is 460 g/mol. The van der Waals surface area contributed by atoms with Crippen LogP contribution in [0.4, 0.5) is 10.2 Å². The van der Waals surface area contributed by atoms with Crippen molar-refractivity contribution in [1.29, 1.82) is 0 Å². The molecule has 0 N–H and O–H groups in total. The SMILES string of the molecule is C[C@H]1CN(c2cc(Oc3cccc(F)c3)ncn2)CCN1C(=O)c1ccc(Cl)cc1Cl. The maximum absolute atomic E-state index is 13.4. The van der Waals surface area contributed by atoms with Crippen LogP contribution in [-0.4, -0.2) is 46.5 Å².